The van der Waals surface area contributed by atoms with Crippen LogP contribution in [-0.4, -0.2) is 44.1 Å². The molecule has 1 aromatic carbocycles. The Balaban J connectivity index is 1.85. The van der Waals surface area contributed by atoms with Gasteiger partial charge in [0, 0.05) is 30.6 Å². The topological polar surface area (TPSA) is 79.4 Å². The summed E-state index contributed by atoms with van der Waals surface area (Å²) >= 11 is 7.48. The van der Waals surface area contributed by atoms with Crippen molar-refractivity contribution < 1.29 is 13.2 Å². The number of carbonyl (C=O) groups is 1. The van der Waals surface area contributed by atoms with E-state index < -0.39 is 15.7 Å². The van der Waals surface area contributed by atoms with Gasteiger partial charge in [-0.2, -0.15) is 0 Å². The molecule has 0 saturated heterocycles. The number of fused-ring (bicyclic) bond motifs is 1. The molecule has 24 heavy (non-hydrogen) atoms. The number of benzene rings is 1. The number of carbonyl (C=O) groups excluding carboxylic acids is 1. The van der Waals surface area contributed by atoms with Crippen LogP contribution in [-0.2, 0) is 22.8 Å². The number of anilines is 1. The van der Waals surface area contributed by atoms with Crippen LogP contribution in [0.1, 0.15) is 20.9 Å². The highest BCUT2D eigenvalue weighted by atomic mass is 35.5. The molecule has 1 aliphatic heterocycles. The fourth-order valence-electron chi connectivity index (χ4n) is 2.45. The molecule has 0 aliphatic carbocycles. The summed E-state index contributed by atoms with van der Waals surface area (Å²) in [5.41, 5.74) is 1.12. The second-order valence-electron chi connectivity index (χ2n) is 5.74. The van der Waals surface area contributed by atoms with Gasteiger partial charge in [0.1, 0.15) is 0 Å². The van der Waals surface area contributed by atoms with Gasteiger partial charge in [0.25, 0.3) is 5.91 Å². The summed E-state index contributed by atoms with van der Waals surface area (Å²) < 4.78 is 23.3. The lowest BCUT2D eigenvalue weighted by Gasteiger charge is -2.20. The van der Waals surface area contributed by atoms with Gasteiger partial charge < -0.3 is 4.90 Å². The summed E-state index contributed by atoms with van der Waals surface area (Å²) in [6.07, 6.45) is 1.94. The number of sulfone groups is 1. The second kappa shape index (κ2) is 6.44. The number of rotatable bonds is 3. The normalized spacial score (nSPS) is 15.1. The summed E-state index contributed by atoms with van der Waals surface area (Å²) in [6, 6.07) is 4.08. The van der Waals surface area contributed by atoms with Crippen molar-refractivity contribution in [2.24, 2.45) is 0 Å². The highest BCUT2D eigenvalue weighted by Gasteiger charge is 2.21. The minimum Gasteiger partial charge on any atom is -0.301 e. The number of halogens is 1. The van der Waals surface area contributed by atoms with E-state index in [9.17, 15) is 13.2 Å². The number of amides is 1. The molecule has 0 bridgehead atoms. The predicted molar refractivity (Wildman–Crippen MR) is 94.7 cm³/mol. The number of aromatic nitrogens is 1. The van der Waals surface area contributed by atoms with Crippen LogP contribution in [0.5, 0.6) is 0 Å². The van der Waals surface area contributed by atoms with E-state index >= 15 is 0 Å². The molecular weight excluding hydrogens is 370 g/mol. The molecule has 1 N–H and O–H groups in total. The van der Waals surface area contributed by atoms with Gasteiger partial charge in [0.15, 0.2) is 15.0 Å². The van der Waals surface area contributed by atoms with Crippen LogP contribution in [0.15, 0.2) is 23.1 Å². The number of hydrogen-bond donors (Lipinski definition) is 1. The molecule has 0 spiro atoms. The molecule has 0 unspecified atom stereocenters. The summed E-state index contributed by atoms with van der Waals surface area (Å²) in [4.78, 5) is 20.3. The zero-order valence-electron chi connectivity index (χ0n) is 13.2. The first kappa shape index (κ1) is 17.3. The lowest BCUT2D eigenvalue weighted by molar-refractivity contribution is 0.102. The van der Waals surface area contributed by atoms with Gasteiger partial charge in [-0.3, -0.25) is 10.1 Å². The zero-order chi connectivity index (χ0) is 17.5. The second-order valence-corrected chi connectivity index (χ2v) is 9.25. The average Bonchev–Trinajstić information content (AvgIpc) is 2.87. The number of nitrogens with one attached hydrogen (secondary N) is 1. The van der Waals surface area contributed by atoms with Crippen molar-refractivity contribution in [2.45, 2.75) is 17.9 Å². The molecule has 3 rings (SSSR count). The number of likely N-dealkylation sites (N-methyl/N-ethyl adjacent to an activating group) is 1. The van der Waals surface area contributed by atoms with Crippen LogP contribution in [0, 0.1) is 0 Å². The lowest BCUT2D eigenvalue weighted by Crippen LogP contribution is -2.25. The minimum atomic E-state index is -3.41. The van der Waals surface area contributed by atoms with Crippen molar-refractivity contribution in [3.8, 4) is 0 Å². The van der Waals surface area contributed by atoms with E-state index in [1.165, 1.54) is 29.5 Å². The zero-order valence-corrected chi connectivity index (χ0v) is 15.6. The van der Waals surface area contributed by atoms with Gasteiger partial charge >= 0.3 is 0 Å². The Morgan fingerprint density at radius 2 is 2.17 bits per heavy atom. The first-order valence-electron chi connectivity index (χ1n) is 7.22. The number of thiazole rings is 1. The SMILES string of the molecule is CN1CCc2nc(NC(=O)c3cc(S(C)(=O)=O)ccc3Cl)sc2C1. The van der Waals surface area contributed by atoms with E-state index in [2.05, 4.69) is 15.2 Å². The van der Waals surface area contributed by atoms with Crippen LogP contribution >= 0.6 is 22.9 Å². The van der Waals surface area contributed by atoms with Gasteiger partial charge in [0.05, 0.1) is 21.2 Å². The van der Waals surface area contributed by atoms with Crippen molar-refractivity contribution in [1.29, 1.82) is 0 Å². The molecule has 6 nitrogen and oxygen atoms in total. The van der Waals surface area contributed by atoms with Crippen LogP contribution in [0.3, 0.4) is 0 Å². The Hall–Kier alpha value is -1.48. The van der Waals surface area contributed by atoms with Crippen molar-refractivity contribution in [2.75, 3.05) is 25.2 Å². The molecule has 2 aromatic rings. The van der Waals surface area contributed by atoms with E-state index in [0.29, 0.717) is 5.13 Å². The third-order valence-electron chi connectivity index (χ3n) is 3.75. The molecule has 128 valence electrons. The predicted octanol–water partition coefficient (Wildman–Crippen LogP) is 2.44. The molecule has 0 fully saturated rings. The number of nitrogens with zero attached hydrogens (tertiary/aromatic N) is 2. The number of hydrogen-bond acceptors (Lipinski definition) is 6. The minimum absolute atomic E-state index is 0.0529. The molecule has 1 aliphatic rings. The van der Waals surface area contributed by atoms with Crippen molar-refractivity contribution >= 4 is 43.8 Å². The molecule has 0 radical (unpaired) electrons. The maximum Gasteiger partial charge on any atom is 0.259 e. The van der Waals surface area contributed by atoms with E-state index in [1.54, 1.807) is 0 Å². The van der Waals surface area contributed by atoms with Crippen LogP contribution in [0.25, 0.3) is 0 Å². The molecule has 9 heteroatoms. The summed E-state index contributed by atoms with van der Waals surface area (Å²) in [5, 5.41) is 3.42. The quantitative estimate of drug-likeness (QED) is 0.877. The van der Waals surface area contributed by atoms with Gasteiger partial charge in [0.2, 0.25) is 0 Å². The van der Waals surface area contributed by atoms with Crippen molar-refractivity contribution in [3.63, 3.8) is 0 Å². The van der Waals surface area contributed by atoms with Crippen molar-refractivity contribution in [1.82, 2.24) is 9.88 Å². The van der Waals surface area contributed by atoms with E-state index in [0.717, 1.165) is 36.3 Å². The Labute approximate surface area is 149 Å². The maximum absolute atomic E-state index is 12.5. The van der Waals surface area contributed by atoms with E-state index in [1.807, 2.05) is 7.05 Å². The van der Waals surface area contributed by atoms with Gasteiger partial charge in [-0.1, -0.05) is 11.6 Å². The highest BCUT2D eigenvalue weighted by molar-refractivity contribution is 7.90. The average molecular weight is 386 g/mol. The molecule has 0 atom stereocenters. The van der Waals surface area contributed by atoms with Crippen LogP contribution in [0.2, 0.25) is 5.02 Å². The maximum atomic E-state index is 12.5. The third kappa shape index (κ3) is 3.61. The standard InChI is InChI=1S/C15H16ClN3O3S2/c1-19-6-5-12-13(8-19)23-15(17-12)18-14(20)10-7-9(24(2,21)22)3-4-11(10)16/h3-4,7H,5-6,8H2,1-2H3,(H,17,18,20). The van der Waals surface area contributed by atoms with Crippen LogP contribution in [0.4, 0.5) is 5.13 Å². The van der Waals surface area contributed by atoms with Gasteiger partial charge in [-0.05, 0) is 25.2 Å². The largest absolute Gasteiger partial charge is 0.301 e. The van der Waals surface area contributed by atoms with Crippen molar-refractivity contribution in [3.05, 3.63) is 39.4 Å². The molecule has 0 saturated carbocycles. The fourth-order valence-corrected chi connectivity index (χ4v) is 4.38. The Bertz CT molecular complexity index is 909. The summed E-state index contributed by atoms with van der Waals surface area (Å²) in [5.74, 6) is -0.468. The first-order chi connectivity index (χ1) is 11.2. The van der Waals surface area contributed by atoms with Gasteiger partial charge in [-0.25, -0.2) is 13.4 Å². The van der Waals surface area contributed by atoms with E-state index in [4.69, 9.17) is 11.6 Å². The third-order valence-corrected chi connectivity index (χ3v) is 6.19. The first-order valence-corrected chi connectivity index (χ1v) is 10.3. The molecule has 1 aromatic heterocycles. The van der Waals surface area contributed by atoms with Gasteiger partial charge in [-0.15, -0.1) is 11.3 Å². The Kier molecular flexibility index (Phi) is 4.65. The molecule has 1 amide bonds. The van der Waals surface area contributed by atoms with E-state index in [-0.39, 0.29) is 15.5 Å². The lowest BCUT2D eigenvalue weighted by atomic mass is 10.2. The monoisotopic (exact) mass is 385 g/mol. The molecular formula is C15H16ClN3O3S2. The summed E-state index contributed by atoms with van der Waals surface area (Å²) in [6.45, 7) is 1.75. The highest BCUT2D eigenvalue weighted by Crippen LogP contribution is 2.29. The summed E-state index contributed by atoms with van der Waals surface area (Å²) in [7, 11) is -1.37. The Morgan fingerprint density at radius 1 is 1.42 bits per heavy atom. The van der Waals surface area contributed by atoms with Crippen LogP contribution < -0.4 is 5.32 Å². The molecule has 2 heterocycles. The smallest absolute Gasteiger partial charge is 0.259 e. The Morgan fingerprint density at radius 3 is 2.88 bits per heavy atom. The fraction of sp³-hybridized carbons (Fsp3) is 0.333.